The number of nitrogens with one attached hydrogen (secondary N) is 1. The minimum atomic E-state index is -3.65. The number of rotatable bonds is 15. The molecular formula is C27H37Cl2N3O5S. The molecule has 38 heavy (non-hydrogen) atoms. The number of hydrogen-bond donors (Lipinski definition) is 1. The number of unbranched alkanes of at least 4 members (excludes halogenated alkanes) is 1. The summed E-state index contributed by atoms with van der Waals surface area (Å²) in [5.41, 5.74) is 1.10. The molecule has 0 radical (unpaired) electrons. The molecule has 1 atom stereocenters. The van der Waals surface area contributed by atoms with Gasteiger partial charge in [0.15, 0.2) is 0 Å². The number of sulfonamides is 1. The second-order valence-electron chi connectivity index (χ2n) is 8.94. The zero-order valence-electron chi connectivity index (χ0n) is 22.4. The molecule has 0 aliphatic heterocycles. The van der Waals surface area contributed by atoms with E-state index in [0.717, 1.165) is 24.7 Å². The molecule has 0 aromatic heterocycles. The standard InChI is InChI=1S/C27H37Cl2N3O5S/c1-5-7-16-30-27(34)24(6-2)31(19-20-11-8-9-12-22(20)28)26(33)13-10-17-32(38(4,35)36)21-14-15-25(37-3)23(29)18-21/h8-9,11-12,14-15,18,24H,5-7,10,13,16-17,19H2,1-4H3,(H,30,34)/t24-/m1/s1. The Morgan fingerprint density at radius 1 is 1.05 bits per heavy atom. The van der Waals surface area contributed by atoms with E-state index in [1.54, 1.807) is 24.3 Å². The highest BCUT2D eigenvalue weighted by molar-refractivity contribution is 7.92. The molecule has 0 aliphatic carbocycles. The summed E-state index contributed by atoms with van der Waals surface area (Å²) in [6, 6.07) is 11.2. The van der Waals surface area contributed by atoms with E-state index >= 15 is 0 Å². The normalized spacial score (nSPS) is 12.1. The van der Waals surface area contributed by atoms with Crippen molar-refractivity contribution in [1.29, 1.82) is 0 Å². The van der Waals surface area contributed by atoms with Crippen LogP contribution in [0.15, 0.2) is 42.5 Å². The number of nitrogens with zero attached hydrogens (tertiary/aromatic N) is 2. The number of benzene rings is 2. The molecule has 2 aromatic carbocycles. The number of carbonyl (C=O) groups excluding carboxylic acids is 2. The van der Waals surface area contributed by atoms with Crippen LogP contribution in [-0.4, -0.2) is 57.6 Å². The van der Waals surface area contributed by atoms with E-state index in [1.807, 2.05) is 26.0 Å². The van der Waals surface area contributed by atoms with E-state index in [0.29, 0.717) is 29.4 Å². The molecule has 0 bridgehead atoms. The molecule has 2 amide bonds. The number of anilines is 1. The van der Waals surface area contributed by atoms with Crippen molar-refractivity contribution in [2.45, 2.75) is 58.5 Å². The van der Waals surface area contributed by atoms with Crippen LogP contribution in [0.1, 0.15) is 51.5 Å². The van der Waals surface area contributed by atoms with Gasteiger partial charge in [-0.2, -0.15) is 0 Å². The first-order chi connectivity index (χ1) is 18.0. The lowest BCUT2D eigenvalue weighted by atomic mass is 10.1. The fourth-order valence-electron chi connectivity index (χ4n) is 4.05. The van der Waals surface area contributed by atoms with Gasteiger partial charge >= 0.3 is 0 Å². The van der Waals surface area contributed by atoms with Crippen LogP contribution in [0.5, 0.6) is 5.75 Å². The zero-order chi connectivity index (χ0) is 28.3. The second-order valence-corrected chi connectivity index (χ2v) is 11.7. The second kappa shape index (κ2) is 15.2. The summed E-state index contributed by atoms with van der Waals surface area (Å²) in [5.74, 6) is -0.0484. The van der Waals surface area contributed by atoms with Crippen LogP contribution in [0.2, 0.25) is 10.0 Å². The average Bonchev–Trinajstić information content (AvgIpc) is 2.86. The minimum absolute atomic E-state index is 0.0408. The van der Waals surface area contributed by atoms with Crippen molar-refractivity contribution in [3.8, 4) is 5.75 Å². The van der Waals surface area contributed by atoms with Crippen molar-refractivity contribution < 1.29 is 22.7 Å². The molecule has 8 nitrogen and oxygen atoms in total. The Balaban J connectivity index is 2.23. The average molecular weight is 587 g/mol. The molecule has 0 spiro atoms. The summed E-state index contributed by atoms with van der Waals surface area (Å²) < 4.78 is 31.4. The van der Waals surface area contributed by atoms with Gasteiger partial charge in [0.05, 0.1) is 24.1 Å². The van der Waals surface area contributed by atoms with Gasteiger partial charge in [-0.3, -0.25) is 13.9 Å². The smallest absolute Gasteiger partial charge is 0.242 e. The topological polar surface area (TPSA) is 96.0 Å². The van der Waals surface area contributed by atoms with Crippen LogP contribution in [0.3, 0.4) is 0 Å². The highest BCUT2D eigenvalue weighted by atomic mass is 35.5. The van der Waals surface area contributed by atoms with Gasteiger partial charge in [-0.15, -0.1) is 0 Å². The Morgan fingerprint density at radius 2 is 1.76 bits per heavy atom. The summed E-state index contributed by atoms with van der Waals surface area (Å²) in [6.45, 7) is 4.66. The van der Waals surface area contributed by atoms with Crippen molar-refractivity contribution in [3.63, 3.8) is 0 Å². The van der Waals surface area contributed by atoms with Crippen molar-refractivity contribution in [2.75, 3.05) is 30.8 Å². The van der Waals surface area contributed by atoms with Crippen LogP contribution in [0, 0.1) is 0 Å². The Labute approximate surface area is 236 Å². The minimum Gasteiger partial charge on any atom is -0.495 e. The van der Waals surface area contributed by atoms with Gasteiger partial charge in [-0.25, -0.2) is 8.42 Å². The molecule has 0 fully saturated rings. The Hall–Kier alpha value is -2.49. The highest BCUT2D eigenvalue weighted by Crippen LogP contribution is 2.30. The van der Waals surface area contributed by atoms with E-state index in [2.05, 4.69) is 5.32 Å². The Bertz CT molecular complexity index is 1190. The van der Waals surface area contributed by atoms with Gasteiger partial charge in [0.25, 0.3) is 0 Å². The van der Waals surface area contributed by atoms with E-state index in [1.165, 1.54) is 22.4 Å². The van der Waals surface area contributed by atoms with Gasteiger partial charge in [-0.1, -0.05) is 61.7 Å². The lowest BCUT2D eigenvalue weighted by Crippen LogP contribution is -2.49. The molecule has 0 saturated heterocycles. The zero-order valence-corrected chi connectivity index (χ0v) is 24.7. The molecule has 2 rings (SSSR count). The summed E-state index contributed by atoms with van der Waals surface area (Å²) in [6.07, 6.45) is 3.59. The van der Waals surface area contributed by atoms with Gasteiger partial charge in [0, 0.05) is 31.1 Å². The molecule has 11 heteroatoms. The number of amides is 2. The fraction of sp³-hybridized carbons (Fsp3) is 0.481. The summed E-state index contributed by atoms with van der Waals surface area (Å²) >= 11 is 12.6. The Morgan fingerprint density at radius 3 is 2.34 bits per heavy atom. The number of halogens is 2. The van der Waals surface area contributed by atoms with E-state index < -0.39 is 16.1 Å². The van der Waals surface area contributed by atoms with Gasteiger partial charge in [0.2, 0.25) is 21.8 Å². The number of hydrogen-bond acceptors (Lipinski definition) is 5. The van der Waals surface area contributed by atoms with Crippen LogP contribution in [-0.2, 0) is 26.2 Å². The molecule has 0 aliphatic rings. The van der Waals surface area contributed by atoms with Crippen LogP contribution in [0.4, 0.5) is 5.69 Å². The summed E-state index contributed by atoms with van der Waals surface area (Å²) in [5, 5.41) is 3.71. The van der Waals surface area contributed by atoms with Gasteiger partial charge in [-0.05, 0) is 49.1 Å². The summed E-state index contributed by atoms with van der Waals surface area (Å²) in [4.78, 5) is 28.0. The van der Waals surface area contributed by atoms with Gasteiger partial charge < -0.3 is 15.0 Å². The molecular weight excluding hydrogens is 549 g/mol. The van der Waals surface area contributed by atoms with Crippen molar-refractivity contribution in [2.24, 2.45) is 0 Å². The first-order valence-electron chi connectivity index (χ1n) is 12.6. The van der Waals surface area contributed by atoms with E-state index in [-0.39, 0.29) is 42.8 Å². The predicted molar refractivity (Wildman–Crippen MR) is 153 cm³/mol. The quantitative estimate of drug-likeness (QED) is 0.287. The Kier molecular flexibility index (Phi) is 12.7. The number of methoxy groups -OCH3 is 1. The molecule has 1 N–H and O–H groups in total. The number of carbonyl (C=O) groups is 2. The predicted octanol–water partition coefficient (Wildman–Crippen LogP) is 5.27. The molecule has 0 saturated carbocycles. The maximum absolute atomic E-state index is 13.5. The first-order valence-corrected chi connectivity index (χ1v) is 15.3. The maximum atomic E-state index is 13.5. The fourth-order valence-corrected chi connectivity index (χ4v) is 5.45. The molecule has 2 aromatic rings. The lowest BCUT2D eigenvalue weighted by Gasteiger charge is -2.31. The molecule has 210 valence electrons. The van der Waals surface area contributed by atoms with E-state index in [4.69, 9.17) is 27.9 Å². The largest absolute Gasteiger partial charge is 0.495 e. The first kappa shape index (κ1) is 31.7. The monoisotopic (exact) mass is 585 g/mol. The third-order valence-electron chi connectivity index (χ3n) is 6.09. The maximum Gasteiger partial charge on any atom is 0.242 e. The summed E-state index contributed by atoms with van der Waals surface area (Å²) in [7, 11) is -2.17. The molecule has 0 unspecified atom stereocenters. The van der Waals surface area contributed by atoms with Crippen LogP contribution >= 0.6 is 23.2 Å². The number of ether oxygens (including phenoxy) is 1. The van der Waals surface area contributed by atoms with Crippen LogP contribution < -0.4 is 14.4 Å². The van der Waals surface area contributed by atoms with Crippen LogP contribution in [0.25, 0.3) is 0 Å². The third kappa shape index (κ3) is 9.06. The van der Waals surface area contributed by atoms with Crippen molar-refractivity contribution >= 4 is 50.7 Å². The lowest BCUT2D eigenvalue weighted by molar-refractivity contribution is -0.141. The van der Waals surface area contributed by atoms with Crippen molar-refractivity contribution in [1.82, 2.24) is 10.2 Å². The van der Waals surface area contributed by atoms with E-state index in [9.17, 15) is 18.0 Å². The van der Waals surface area contributed by atoms with Gasteiger partial charge in [0.1, 0.15) is 11.8 Å². The SMILES string of the molecule is CCCCNC(=O)[C@@H](CC)N(Cc1ccccc1Cl)C(=O)CCCN(c1ccc(OC)c(Cl)c1)S(C)(=O)=O. The molecule has 0 heterocycles. The highest BCUT2D eigenvalue weighted by Gasteiger charge is 2.29. The van der Waals surface area contributed by atoms with Crippen molar-refractivity contribution in [3.05, 3.63) is 58.1 Å². The third-order valence-corrected chi connectivity index (χ3v) is 7.95.